The van der Waals surface area contributed by atoms with E-state index in [9.17, 15) is 8.78 Å². The van der Waals surface area contributed by atoms with Gasteiger partial charge in [-0.25, -0.2) is 8.78 Å². The molecule has 0 saturated heterocycles. The van der Waals surface area contributed by atoms with Gasteiger partial charge < -0.3 is 15.2 Å². The molecule has 1 aromatic rings. The Morgan fingerprint density at radius 2 is 1.67 bits per heavy atom. The summed E-state index contributed by atoms with van der Waals surface area (Å²) >= 11 is 0. The molecule has 0 aliphatic rings. The predicted molar refractivity (Wildman–Crippen MR) is 65.4 cm³/mol. The van der Waals surface area contributed by atoms with Crippen molar-refractivity contribution in [1.29, 1.82) is 0 Å². The van der Waals surface area contributed by atoms with Gasteiger partial charge in [-0.1, -0.05) is 0 Å². The Bertz CT molecular complexity index is 379. The summed E-state index contributed by atoms with van der Waals surface area (Å²) in [5.74, 6) is -1.87. The topological polar surface area (TPSA) is 44.5 Å². The standard InChI is InChI=1S/C13H19F2NO2/c1-13(2,3)18-5-4-17-12-10(14)6-9(8-16)7-11(12)15/h6-7H,4-5,8,16H2,1-3H3. The van der Waals surface area contributed by atoms with Crippen LogP contribution in [0.15, 0.2) is 12.1 Å². The Morgan fingerprint density at radius 1 is 1.11 bits per heavy atom. The lowest BCUT2D eigenvalue weighted by Crippen LogP contribution is -2.22. The summed E-state index contributed by atoms with van der Waals surface area (Å²) in [6.45, 7) is 6.12. The molecule has 102 valence electrons. The number of hydrogen-bond acceptors (Lipinski definition) is 3. The number of rotatable bonds is 5. The van der Waals surface area contributed by atoms with E-state index in [1.807, 2.05) is 20.8 Å². The van der Waals surface area contributed by atoms with Crippen LogP contribution in [0.3, 0.4) is 0 Å². The fourth-order valence-corrected chi connectivity index (χ4v) is 1.36. The average molecular weight is 259 g/mol. The summed E-state index contributed by atoms with van der Waals surface area (Å²) in [5.41, 5.74) is 5.40. The summed E-state index contributed by atoms with van der Waals surface area (Å²) in [7, 11) is 0. The van der Waals surface area contributed by atoms with Gasteiger partial charge in [-0.2, -0.15) is 0 Å². The van der Waals surface area contributed by atoms with E-state index in [2.05, 4.69) is 0 Å². The first-order valence-corrected chi connectivity index (χ1v) is 5.78. The monoisotopic (exact) mass is 259 g/mol. The van der Waals surface area contributed by atoms with E-state index in [0.717, 1.165) is 0 Å². The van der Waals surface area contributed by atoms with Crippen molar-refractivity contribution in [3.63, 3.8) is 0 Å². The van der Waals surface area contributed by atoms with Crippen molar-refractivity contribution in [2.24, 2.45) is 5.73 Å². The van der Waals surface area contributed by atoms with E-state index in [1.54, 1.807) is 0 Å². The van der Waals surface area contributed by atoms with E-state index in [1.165, 1.54) is 12.1 Å². The van der Waals surface area contributed by atoms with Gasteiger partial charge in [0.05, 0.1) is 12.2 Å². The lowest BCUT2D eigenvalue weighted by atomic mass is 10.2. The summed E-state index contributed by atoms with van der Waals surface area (Å²) < 4.78 is 37.4. The fourth-order valence-electron chi connectivity index (χ4n) is 1.36. The molecule has 2 N–H and O–H groups in total. The van der Waals surface area contributed by atoms with Crippen LogP contribution in [0, 0.1) is 11.6 Å². The van der Waals surface area contributed by atoms with Crippen LogP contribution in [-0.4, -0.2) is 18.8 Å². The van der Waals surface area contributed by atoms with Crippen LogP contribution in [0.4, 0.5) is 8.78 Å². The molecule has 1 rings (SSSR count). The van der Waals surface area contributed by atoms with Crippen molar-refractivity contribution in [1.82, 2.24) is 0 Å². The smallest absolute Gasteiger partial charge is 0.190 e. The maximum Gasteiger partial charge on any atom is 0.190 e. The third-order valence-electron chi connectivity index (χ3n) is 2.16. The molecular formula is C13H19F2NO2. The quantitative estimate of drug-likeness (QED) is 0.827. The largest absolute Gasteiger partial charge is 0.485 e. The van der Waals surface area contributed by atoms with E-state index in [-0.39, 0.29) is 31.1 Å². The van der Waals surface area contributed by atoms with E-state index in [0.29, 0.717) is 5.56 Å². The molecule has 0 aliphatic heterocycles. The summed E-state index contributed by atoms with van der Waals surface area (Å²) in [6, 6.07) is 2.34. The molecule has 18 heavy (non-hydrogen) atoms. The highest BCUT2D eigenvalue weighted by Gasteiger charge is 2.13. The van der Waals surface area contributed by atoms with Crippen molar-refractivity contribution >= 4 is 0 Å². The Morgan fingerprint density at radius 3 is 2.11 bits per heavy atom. The van der Waals surface area contributed by atoms with E-state index >= 15 is 0 Å². The zero-order chi connectivity index (χ0) is 13.8. The maximum atomic E-state index is 13.5. The minimum absolute atomic E-state index is 0.0846. The summed E-state index contributed by atoms with van der Waals surface area (Å²) in [4.78, 5) is 0. The lowest BCUT2D eigenvalue weighted by molar-refractivity contribution is -0.0170. The number of benzene rings is 1. The second kappa shape index (κ2) is 6.11. The van der Waals surface area contributed by atoms with E-state index in [4.69, 9.17) is 15.2 Å². The van der Waals surface area contributed by atoms with Crippen molar-refractivity contribution in [3.05, 3.63) is 29.3 Å². The molecular weight excluding hydrogens is 240 g/mol. The van der Waals surface area contributed by atoms with Crippen molar-refractivity contribution < 1.29 is 18.3 Å². The first-order chi connectivity index (χ1) is 8.33. The van der Waals surface area contributed by atoms with Gasteiger partial charge >= 0.3 is 0 Å². The molecule has 0 bridgehead atoms. The van der Waals surface area contributed by atoms with Crippen LogP contribution >= 0.6 is 0 Å². The molecule has 0 unspecified atom stereocenters. The minimum Gasteiger partial charge on any atom is -0.485 e. The molecule has 0 atom stereocenters. The van der Waals surface area contributed by atoms with Crippen LogP contribution in [0.25, 0.3) is 0 Å². The van der Waals surface area contributed by atoms with Crippen LogP contribution in [-0.2, 0) is 11.3 Å². The molecule has 0 fully saturated rings. The second-order valence-corrected chi connectivity index (χ2v) is 4.90. The second-order valence-electron chi connectivity index (χ2n) is 4.90. The van der Waals surface area contributed by atoms with Gasteiger partial charge in [0.2, 0.25) is 0 Å². The molecule has 0 amide bonds. The molecule has 3 nitrogen and oxygen atoms in total. The summed E-state index contributed by atoms with van der Waals surface area (Å²) in [6.07, 6.45) is 0. The summed E-state index contributed by atoms with van der Waals surface area (Å²) in [5, 5.41) is 0. The SMILES string of the molecule is CC(C)(C)OCCOc1c(F)cc(CN)cc1F. The first kappa shape index (κ1) is 14.9. The number of nitrogens with two attached hydrogens (primary N) is 1. The molecule has 0 spiro atoms. The van der Waals surface area contributed by atoms with Crippen LogP contribution < -0.4 is 10.5 Å². The van der Waals surface area contributed by atoms with Gasteiger partial charge in [0.15, 0.2) is 17.4 Å². The third kappa shape index (κ3) is 4.58. The van der Waals surface area contributed by atoms with Crippen LogP contribution in [0.1, 0.15) is 26.3 Å². The minimum atomic E-state index is -0.744. The molecule has 0 aromatic heterocycles. The normalized spacial score (nSPS) is 11.7. The van der Waals surface area contributed by atoms with Gasteiger partial charge in [0.25, 0.3) is 0 Å². The number of hydrogen-bond donors (Lipinski definition) is 1. The highest BCUT2D eigenvalue weighted by atomic mass is 19.1. The molecule has 0 saturated carbocycles. The van der Waals surface area contributed by atoms with Gasteiger partial charge in [0, 0.05) is 6.54 Å². The number of ether oxygens (including phenoxy) is 2. The van der Waals surface area contributed by atoms with Gasteiger partial charge in [0.1, 0.15) is 6.61 Å². The molecule has 5 heteroatoms. The Kier molecular flexibility index (Phi) is 5.04. The average Bonchev–Trinajstić information content (AvgIpc) is 2.25. The third-order valence-corrected chi connectivity index (χ3v) is 2.16. The number of halogens is 2. The highest BCUT2D eigenvalue weighted by Crippen LogP contribution is 2.23. The molecule has 0 aliphatic carbocycles. The zero-order valence-electron chi connectivity index (χ0n) is 10.9. The van der Waals surface area contributed by atoms with Crippen LogP contribution in [0.5, 0.6) is 5.75 Å². The predicted octanol–water partition coefficient (Wildman–Crippen LogP) is 2.62. The van der Waals surface area contributed by atoms with Gasteiger partial charge in [-0.3, -0.25) is 0 Å². The zero-order valence-corrected chi connectivity index (χ0v) is 10.9. The van der Waals surface area contributed by atoms with Gasteiger partial charge in [-0.15, -0.1) is 0 Å². The van der Waals surface area contributed by atoms with Crippen molar-refractivity contribution in [3.8, 4) is 5.75 Å². The highest BCUT2D eigenvalue weighted by molar-refractivity contribution is 5.31. The Hall–Kier alpha value is -1.20. The van der Waals surface area contributed by atoms with Gasteiger partial charge in [-0.05, 0) is 38.5 Å². The van der Waals surface area contributed by atoms with E-state index < -0.39 is 11.6 Å². The van der Waals surface area contributed by atoms with Crippen molar-refractivity contribution in [2.45, 2.75) is 32.9 Å². The molecule has 1 aromatic carbocycles. The fraction of sp³-hybridized carbons (Fsp3) is 0.538. The maximum absolute atomic E-state index is 13.5. The lowest BCUT2D eigenvalue weighted by Gasteiger charge is -2.19. The molecule has 0 heterocycles. The van der Waals surface area contributed by atoms with Crippen LogP contribution in [0.2, 0.25) is 0 Å². The Balaban J connectivity index is 2.57. The van der Waals surface area contributed by atoms with Crippen molar-refractivity contribution in [2.75, 3.05) is 13.2 Å². The first-order valence-electron chi connectivity index (χ1n) is 5.78. The molecule has 0 radical (unpaired) electrons. The Labute approximate surface area is 106 Å².